The minimum Gasteiger partial charge on any atom is -0.759 e. The molecule has 30 valence electrons. The van der Waals surface area contributed by atoms with E-state index in [9.17, 15) is 5.21 Å². The molecule has 0 aliphatic carbocycles. The quantitative estimate of drug-likeness (QED) is 0.423. The van der Waals surface area contributed by atoms with Crippen LogP contribution in [-0.2, 0) is 0 Å². The van der Waals surface area contributed by atoms with Crippen molar-refractivity contribution in [3.8, 4) is 0 Å². The lowest BCUT2D eigenvalue weighted by atomic mass is 11.0. The van der Waals surface area contributed by atoms with Gasteiger partial charge in [0.05, 0.1) is 0 Å². The average Bonchev–Trinajstić information content (AvgIpc) is 1.38. The van der Waals surface area contributed by atoms with Crippen molar-refractivity contribution >= 4 is 0 Å². The summed E-state index contributed by atoms with van der Waals surface area (Å²) < 4.78 is 0. The molecular formula is C3H6NO-. The zero-order valence-corrected chi connectivity index (χ0v) is 3.14. The molecule has 0 saturated carbocycles. The van der Waals surface area contributed by atoms with Crippen LogP contribution in [0.1, 0.15) is 0 Å². The highest BCUT2D eigenvalue weighted by Gasteiger charge is 1.49. The third kappa shape index (κ3) is 3.50. The van der Waals surface area contributed by atoms with Crippen molar-refractivity contribution in [3.63, 3.8) is 0 Å². The summed E-state index contributed by atoms with van der Waals surface area (Å²) in [7, 11) is 1.38. The Labute approximate surface area is 31.3 Å². The summed E-state index contributed by atoms with van der Waals surface area (Å²) in [5.41, 5.74) is 0. The summed E-state index contributed by atoms with van der Waals surface area (Å²) in [5.74, 6) is 0. The van der Waals surface area contributed by atoms with Gasteiger partial charge in [0.25, 0.3) is 0 Å². The minimum atomic E-state index is 0.639. The van der Waals surface area contributed by atoms with Crippen molar-refractivity contribution in [2.75, 3.05) is 7.05 Å². The molecule has 0 aromatic rings. The molecule has 2 heteroatoms. The van der Waals surface area contributed by atoms with E-state index in [0.717, 1.165) is 0 Å². The van der Waals surface area contributed by atoms with E-state index >= 15 is 0 Å². The Balaban J connectivity index is 2.83. The van der Waals surface area contributed by atoms with Crippen LogP contribution in [0.15, 0.2) is 12.8 Å². The molecule has 0 fully saturated rings. The van der Waals surface area contributed by atoms with Crippen LogP contribution >= 0.6 is 0 Å². The fourth-order valence-electron chi connectivity index (χ4n) is 0. The monoisotopic (exact) mass is 72.0 g/mol. The first-order chi connectivity index (χ1) is 2.27. The Morgan fingerprint density at radius 2 is 2.20 bits per heavy atom. The molecule has 0 saturated heterocycles. The van der Waals surface area contributed by atoms with Gasteiger partial charge >= 0.3 is 0 Å². The largest absolute Gasteiger partial charge is 0.759 e. The molecule has 0 aliphatic rings. The predicted octanol–water partition coefficient (Wildman–Crippen LogP) is 0.559. The Hall–Kier alpha value is -0.500. The number of hydrogen-bond donors (Lipinski definition) is 0. The van der Waals surface area contributed by atoms with E-state index in [1.165, 1.54) is 13.2 Å². The van der Waals surface area contributed by atoms with Crippen LogP contribution in [0.2, 0.25) is 0 Å². The highest BCUT2D eigenvalue weighted by atomic mass is 16.5. The van der Waals surface area contributed by atoms with E-state index < -0.39 is 0 Å². The Bertz CT molecular complexity index is 33.9. The molecule has 5 heavy (non-hydrogen) atoms. The summed E-state index contributed by atoms with van der Waals surface area (Å²) in [6.45, 7) is 3.17. The van der Waals surface area contributed by atoms with E-state index in [0.29, 0.717) is 5.06 Å². The van der Waals surface area contributed by atoms with Gasteiger partial charge in [0, 0.05) is 0 Å². The lowest BCUT2D eigenvalue weighted by Gasteiger charge is -2.16. The molecule has 0 spiro atoms. The van der Waals surface area contributed by atoms with Gasteiger partial charge in [-0.2, -0.15) is 0 Å². The third-order valence-electron chi connectivity index (χ3n) is 0.257. The topological polar surface area (TPSA) is 26.3 Å². The van der Waals surface area contributed by atoms with Crippen LogP contribution in [0, 0.1) is 5.21 Å². The molecule has 0 heterocycles. The summed E-state index contributed by atoms with van der Waals surface area (Å²) in [6, 6.07) is 0. The van der Waals surface area contributed by atoms with Crippen LogP contribution in [0.25, 0.3) is 0 Å². The van der Waals surface area contributed by atoms with E-state index in [-0.39, 0.29) is 0 Å². The first kappa shape index (κ1) is 4.50. The van der Waals surface area contributed by atoms with Gasteiger partial charge in [-0.3, -0.25) is 0 Å². The zero-order valence-electron chi connectivity index (χ0n) is 3.14. The maximum absolute atomic E-state index is 9.61. The van der Waals surface area contributed by atoms with Gasteiger partial charge < -0.3 is 10.3 Å². The predicted molar refractivity (Wildman–Crippen MR) is 21.3 cm³/mol. The highest BCUT2D eigenvalue weighted by Crippen LogP contribution is 1.67. The van der Waals surface area contributed by atoms with Crippen LogP contribution in [0.4, 0.5) is 0 Å². The normalized spacial score (nSPS) is 6.80. The summed E-state index contributed by atoms with van der Waals surface area (Å²) in [6.07, 6.45) is 1.19. The second-order valence-corrected chi connectivity index (χ2v) is 0.729. The summed E-state index contributed by atoms with van der Waals surface area (Å²) >= 11 is 0. The van der Waals surface area contributed by atoms with Gasteiger partial charge in [0.1, 0.15) is 0 Å². The van der Waals surface area contributed by atoms with Gasteiger partial charge in [0.2, 0.25) is 0 Å². The average molecular weight is 72.1 g/mol. The molecule has 2 nitrogen and oxygen atoms in total. The molecule has 0 aromatic carbocycles. The van der Waals surface area contributed by atoms with Crippen LogP contribution in [0.3, 0.4) is 0 Å². The highest BCUT2D eigenvalue weighted by molar-refractivity contribution is 4.64. The smallest absolute Gasteiger partial charge is 0.00663 e. The van der Waals surface area contributed by atoms with Crippen molar-refractivity contribution in [2.45, 2.75) is 0 Å². The van der Waals surface area contributed by atoms with Crippen molar-refractivity contribution in [2.24, 2.45) is 0 Å². The molecule has 0 amide bonds. The maximum Gasteiger partial charge on any atom is -0.00663 e. The van der Waals surface area contributed by atoms with E-state index in [1.807, 2.05) is 0 Å². The van der Waals surface area contributed by atoms with Crippen molar-refractivity contribution in [1.82, 2.24) is 5.06 Å². The molecule has 0 bridgehead atoms. The third-order valence-corrected chi connectivity index (χ3v) is 0.257. The molecule has 0 radical (unpaired) electrons. The Kier molecular flexibility index (Phi) is 1.61. The van der Waals surface area contributed by atoms with E-state index in [4.69, 9.17) is 0 Å². The molecule has 0 rings (SSSR count). The zero-order chi connectivity index (χ0) is 4.28. The number of nitrogens with zero attached hydrogens (tertiary/aromatic N) is 1. The van der Waals surface area contributed by atoms with Gasteiger partial charge in [-0.05, 0) is 13.2 Å². The number of rotatable bonds is 1. The fraction of sp³-hybridized carbons (Fsp3) is 0.333. The summed E-state index contributed by atoms with van der Waals surface area (Å²) in [5, 5.41) is 10.2. The van der Waals surface area contributed by atoms with Crippen molar-refractivity contribution < 1.29 is 0 Å². The lowest BCUT2D eigenvalue weighted by molar-refractivity contribution is 0.633. The second-order valence-electron chi connectivity index (χ2n) is 0.729. The molecule has 0 aromatic heterocycles. The molecule has 0 N–H and O–H groups in total. The fourth-order valence-corrected chi connectivity index (χ4v) is 0. The molecule has 0 aliphatic heterocycles. The molecule has 0 unspecified atom stereocenters. The lowest BCUT2D eigenvalue weighted by Crippen LogP contribution is -1.94. The molecule has 0 atom stereocenters. The second kappa shape index (κ2) is 1.79. The van der Waals surface area contributed by atoms with Gasteiger partial charge in [-0.25, -0.2) is 0 Å². The molecular weight excluding hydrogens is 66.0 g/mol. The van der Waals surface area contributed by atoms with Crippen LogP contribution < -0.4 is 0 Å². The maximum atomic E-state index is 9.61. The summed E-state index contributed by atoms with van der Waals surface area (Å²) in [4.78, 5) is 0. The Morgan fingerprint density at radius 3 is 2.20 bits per heavy atom. The SMILES string of the molecule is C=CN(C)[O-]. The first-order valence-corrected chi connectivity index (χ1v) is 1.30. The van der Waals surface area contributed by atoms with Crippen molar-refractivity contribution in [1.29, 1.82) is 0 Å². The first-order valence-electron chi connectivity index (χ1n) is 1.30. The minimum absolute atomic E-state index is 0.639. The van der Waals surface area contributed by atoms with Gasteiger partial charge in [-0.15, -0.1) is 0 Å². The van der Waals surface area contributed by atoms with E-state index in [2.05, 4.69) is 6.58 Å². The van der Waals surface area contributed by atoms with Gasteiger partial charge in [-0.1, -0.05) is 6.58 Å². The number of hydroxylamine groups is 2. The van der Waals surface area contributed by atoms with Crippen molar-refractivity contribution in [3.05, 3.63) is 18.0 Å². The van der Waals surface area contributed by atoms with Crippen LogP contribution in [-0.4, -0.2) is 12.1 Å². The Morgan fingerprint density at radius 1 is 2.00 bits per heavy atom. The van der Waals surface area contributed by atoms with Gasteiger partial charge in [0.15, 0.2) is 0 Å². The number of hydrogen-bond acceptors (Lipinski definition) is 2. The standard InChI is InChI=1S/C3H6NO/c1-3-4(2)5/h3H,1H2,2H3/q-1. The van der Waals surface area contributed by atoms with Crippen LogP contribution in [0.5, 0.6) is 0 Å². The van der Waals surface area contributed by atoms with E-state index in [1.54, 1.807) is 0 Å².